The molecule has 1 aliphatic rings. The minimum Gasteiger partial charge on any atom is -0.359 e. The number of carbonyl (C=O) groups excluding carboxylic acids is 2. The Morgan fingerprint density at radius 1 is 1.13 bits per heavy atom. The highest BCUT2D eigenvalue weighted by molar-refractivity contribution is 5.94. The van der Waals surface area contributed by atoms with Gasteiger partial charge in [-0.15, -0.1) is 0 Å². The lowest BCUT2D eigenvalue weighted by atomic mass is 9.93. The van der Waals surface area contributed by atoms with Gasteiger partial charge in [0.05, 0.1) is 6.54 Å². The van der Waals surface area contributed by atoms with Crippen LogP contribution in [0.2, 0.25) is 0 Å². The van der Waals surface area contributed by atoms with Crippen LogP contribution in [0.1, 0.15) is 72.6 Å². The van der Waals surface area contributed by atoms with E-state index >= 15 is 0 Å². The second-order valence-corrected chi connectivity index (χ2v) is 8.17. The monoisotopic (exact) mass is 419 g/mol. The quantitative estimate of drug-likeness (QED) is 0.726. The maximum Gasteiger partial charge on any atom is 0.273 e. The van der Waals surface area contributed by atoms with Gasteiger partial charge in [-0.3, -0.25) is 9.59 Å². The van der Waals surface area contributed by atoms with Crippen LogP contribution in [0, 0.1) is 17.6 Å². The SMILES string of the molecule is CC(C)CNC(=O)c1cc(CN(C(=O)c2cc(F)cc(F)c2)C2CCCCC2)on1. The van der Waals surface area contributed by atoms with Gasteiger partial charge in [-0.25, -0.2) is 8.78 Å². The molecular formula is C22H27F2N3O3. The Kier molecular flexibility index (Phi) is 7.18. The smallest absolute Gasteiger partial charge is 0.273 e. The zero-order valence-corrected chi connectivity index (χ0v) is 17.3. The first kappa shape index (κ1) is 21.9. The molecule has 1 N–H and O–H groups in total. The van der Waals surface area contributed by atoms with Gasteiger partial charge in [0.25, 0.3) is 11.8 Å². The van der Waals surface area contributed by atoms with Crippen LogP contribution < -0.4 is 5.32 Å². The number of halogens is 2. The fourth-order valence-corrected chi connectivity index (χ4v) is 3.65. The molecular weight excluding hydrogens is 392 g/mol. The Hall–Kier alpha value is -2.77. The average Bonchev–Trinajstić information content (AvgIpc) is 3.18. The summed E-state index contributed by atoms with van der Waals surface area (Å²) in [4.78, 5) is 26.9. The maximum atomic E-state index is 13.7. The molecule has 0 atom stereocenters. The fraction of sp³-hybridized carbons (Fsp3) is 0.500. The number of nitrogens with zero attached hydrogens (tertiary/aromatic N) is 2. The number of rotatable bonds is 7. The van der Waals surface area contributed by atoms with E-state index in [9.17, 15) is 18.4 Å². The summed E-state index contributed by atoms with van der Waals surface area (Å²) >= 11 is 0. The van der Waals surface area contributed by atoms with Crippen molar-refractivity contribution in [3.05, 3.63) is 52.9 Å². The molecule has 0 saturated heterocycles. The van der Waals surface area contributed by atoms with E-state index in [0.29, 0.717) is 18.2 Å². The van der Waals surface area contributed by atoms with Crippen LogP contribution in [0.5, 0.6) is 0 Å². The topological polar surface area (TPSA) is 75.4 Å². The van der Waals surface area contributed by atoms with Crippen LogP contribution in [0.25, 0.3) is 0 Å². The highest BCUT2D eigenvalue weighted by Crippen LogP contribution is 2.26. The second kappa shape index (κ2) is 9.82. The van der Waals surface area contributed by atoms with E-state index in [1.54, 1.807) is 4.90 Å². The molecule has 1 heterocycles. The van der Waals surface area contributed by atoms with Gasteiger partial charge >= 0.3 is 0 Å². The Labute approximate surface area is 174 Å². The summed E-state index contributed by atoms with van der Waals surface area (Å²) in [6.45, 7) is 4.56. The number of benzene rings is 1. The molecule has 2 amide bonds. The van der Waals surface area contributed by atoms with Gasteiger partial charge in [0.1, 0.15) is 11.6 Å². The molecule has 0 spiro atoms. The van der Waals surface area contributed by atoms with Crippen molar-refractivity contribution in [1.82, 2.24) is 15.4 Å². The van der Waals surface area contributed by atoms with Crippen molar-refractivity contribution in [1.29, 1.82) is 0 Å². The molecule has 0 radical (unpaired) electrons. The highest BCUT2D eigenvalue weighted by atomic mass is 19.1. The molecule has 0 bridgehead atoms. The molecule has 1 aliphatic carbocycles. The molecule has 2 aromatic rings. The second-order valence-electron chi connectivity index (χ2n) is 8.17. The number of hydrogen-bond acceptors (Lipinski definition) is 4. The van der Waals surface area contributed by atoms with Crippen molar-refractivity contribution in [3.63, 3.8) is 0 Å². The lowest BCUT2D eigenvalue weighted by Crippen LogP contribution is -2.41. The number of aromatic nitrogens is 1. The third-order valence-electron chi connectivity index (χ3n) is 5.17. The van der Waals surface area contributed by atoms with Crippen molar-refractivity contribution in [2.75, 3.05) is 6.54 Å². The van der Waals surface area contributed by atoms with E-state index in [-0.39, 0.29) is 29.8 Å². The van der Waals surface area contributed by atoms with E-state index in [1.165, 1.54) is 6.07 Å². The van der Waals surface area contributed by atoms with Crippen LogP contribution >= 0.6 is 0 Å². The molecule has 0 aliphatic heterocycles. The lowest BCUT2D eigenvalue weighted by molar-refractivity contribution is 0.0589. The van der Waals surface area contributed by atoms with Gasteiger partial charge < -0.3 is 14.7 Å². The van der Waals surface area contributed by atoms with Gasteiger partial charge in [-0.2, -0.15) is 0 Å². The first-order chi connectivity index (χ1) is 14.3. The van der Waals surface area contributed by atoms with Crippen LogP contribution in [0.15, 0.2) is 28.8 Å². The third kappa shape index (κ3) is 5.64. The summed E-state index contributed by atoms with van der Waals surface area (Å²) in [6, 6.07) is 4.24. The van der Waals surface area contributed by atoms with Gasteiger partial charge in [0.2, 0.25) is 0 Å². The van der Waals surface area contributed by atoms with E-state index in [4.69, 9.17) is 4.52 Å². The summed E-state index contributed by atoms with van der Waals surface area (Å²) in [7, 11) is 0. The molecule has 1 aromatic heterocycles. The fourth-order valence-electron chi connectivity index (χ4n) is 3.65. The predicted molar refractivity (Wildman–Crippen MR) is 107 cm³/mol. The van der Waals surface area contributed by atoms with E-state index in [0.717, 1.165) is 50.3 Å². The van der Waals surface area contributed by atoms with Crippen LogP contribution in [-0.4, -0.2) is 34.5 Å². The summed E-state index contributed by atoms with van der Waals surface area (Å²) in [5.74, 6) is -1.77. The van der Waals surface area contributed by atoms with E-state index in [2.05, 4.69) is 10.5 Å². The first-order valence-electron chi connectivity index (χ1n) is 10.3. The molecule has 1 fully saturated rings. The van der Waals surface area contributed by atoms with Crippen molar-refractivity contribution in [3.8, 4) is 0 Å². The van der Waals surface area contributed by atoms with Crippen LogP contribution in [0.4, 0.5) is 8.78 Å². The Morgan fingerprint density at radius 3 is 2.43 bits per heavy atom. The minimum atomic E-state index is -0.800. The summed E-state index contributed by atoms with van der Waals surface area (Å²) in [6.07, 6.45) is 4.66. The Bertz CT molecular complexity index is 871. The molecule has 1 saturated carbocycles. The van der Waals surface area contributed by atoms with Crippen LogP contribution in [0.3, 0.4) is 0 Å². The molecule has 162 valence electrons. The van der Waals surface area contributed by atoms with E-state index in [1.807, 2.05) is 13.8 Å². The van der Waals surface area contributed by atoms with Gasteiger partial charge in [-0.1, -0.05) is 38.3 Å². The summed E-state index contributed by atoms with van der Waals surface area (Å²) in [5, 5.41) is 6.57. The number of hydrogen-bond donors (Lipinski definition) is 1. The van der Waals surface area contributed by atoms with Crippen LogP contribution in [-0.2, 0) is 6.54 Å². The molecule has 0 unspecified atom stereocenters. The third-order valence-corrected chi connectivity index (χ3v) is 5.17. The van der Waals surface area contributed by atoms with Crippen molar-refractivity contribution in [2.45, 2.75) is 58.5 Å². The largest absolute Gasteiger partial charge is 0.359 e. The molecule has 6 nitrogen and oxygen atoms in total. The number of nitrogens with one attached hydrogen (secondary N) is 1. The predicted octanol–water partition coefficient (Wildman–Crippen LogP) is 4.31. The summed E-state index contributed by atoms with van der Waals surface area (Å²) in [5.41, 5.74) is 0.0889. The first-order valence-corrected chi connectivity index (χ1v) is 10.3. The lowest BCUT2D eigenvalue weighted by Gasteiger charge is -2.33. The maximum absolute atomic E-state index is 13.7. The summed E-state index contributed by atoms with van der Waals surface area (Å²) < 4.78 is 32.6. The van der Waals surface area contributed by atoms with Gasteiger partial charge in [0, 0.05) is 30.3 Å². The van der Waals surface area contributed by atoms with Crippen molar-refractivity contribution < 1.29 is 22.9 Å². The zero-order chi connectivity index (χ0) is 21.7. The standard InChI is InChI=1S/C22H27F2N3O3/c1-14(2)12-25-21(28)20-11-19(30-26-20)13-27(18-6-4-3-5-7-18)22(29)15-8-16(23)10-17(24)9-15/h8-11,14,18H,3-7,12-13H2,1-2H3,(H,25,28). The van der Waals surface area contributed by atoms with Gasteiger partial charge in [-0.05, 0) is 30.9 Å². The van der Waals surface area contributed by atoms with Crippen molar-refractivity contribution >= 4 is 11.8 Å². The van der Waals surface area contributed by atoms with E-state index < -0.39 is 17.5 Å². The Balaban J connectivity index is 1.79. The molecule has 30 heavy (non-hydrogen) atoms. The highest BCUT2D eigenvalue weighted by Gasteiger charge is 2.28. The minimum absolute atomic E-state index is 0.0486. The number of carbonyl (C=O) groups is 2. The molecule has 1 aromatic carbocycles. The van der Waals surface area contributed by atoms with Gasteiger partial charge in [0.15, 0.2) is 11.5 Å². The molecule has 3 rings (SSSR count). The normalized spacial score (nSPS) is 14.7. The zero-order valence-electron chi connectivity index (χ0n) is 17.3. The number of amides is 2. The Morgan fingerprint density at radius 2 is 1.80 bits per heavy atom. The molecule has 8 heteroatoms. The average molecular weight is 419 g/mol. The van der Waals surface area contributed by atoms with Crippen molar-refractivity contribution in [2.24, 2.45) is 5.92 Å².